The lowest BCUT2D eigenvalue weighted by molar-refractivity contribution is -0.355. The summed E-state index contributed by atoms with van der Waals surface area (Å²) in [6.45, 7) is 8.63. The van der Waals surface area contributed by atoms with Crippen molar-refractivity contribution in [2.24, 2.45) is 40.4 Å². The normalized spacial score (nSPS) is 49.6. The monoisotopic (exact) mass is 710 g/mol. The average molecular weight is 711 g/mol. The number of ether oxygens (including phenoxy) is 5. The summed E-state index contributed by atoms with van der Waals surface area (Å²) in [6, 6.07) is 0. The Balaban J connectivity index is 1.10. The zero-order valence-corrected chi connectivity index (χ0v) is 29.9. The Morgan fingerprint density at radius 2 is 1.60 bits per heavy atom. The number of aliphatic hydroxyl groups is 5. The van der Waals surface area contributed by atoms with Crippen LogP contribution in [0.5, 0.6) is 0 Å². The number of aliphatic hydroxyl groups excluding tert-OH is 5. The molecule has 284 valence electrons. The van der Waals surface area contributed by atoms with E-state index in [-0.39, 0.29) is 22.9 Å². The summed E-state index contributed by atoms with van der Waals surface area (Å²) in [7, 11) is 1.45. The van der Waals surface area contributed by atoms with E-state index in [4.69, 9.17) is 23.7 Å². The van der Waals surface area contributed by atoms with Crippen molar-refractivity contribution < 1.29 is 63.9 Å². The highest BCUT2D eigenvalue weighted by Crippen LogP contribution is 2.67. The summed E-state index contributed by atoms with van der Waals surface area (Å²) in [4.78, 5) is 24.1. The second-order valence-corrected chi connectivity index (χ2v) is 16.6. The maximum absolute atomic E-state index is 12.3. The van der Waals surface area contributed by atoms with Crippen molar-refractivity contribution in [3.05, 3.63) is 11.6 Å². The Kier molecular flexibility index (Phi) is 11.1. The number of methoxy groups -OCH3 is 1. The number of carbonyl (C=O) groups is 2. The van der Waals surface area contributed by atoms with Crippen molar-refractivity contribution >= 4 is 11.9 Å². The van der Waals surface area contributed by atoms with Gasteiger partial charge in [0, 0.05) is 6.42 Å². The van der Waals surface area contributed by atoms with Crippen LogP contribution in [0.25, 0.3) is 0 Å². The van der Waals surface area contributed by atoms with Gasteiger partial charge >= 0.3 is 11.9 Å². The van der Waals surface area contributed by atoms with Crippen molar-refractivity contribution in [1.82, 2.24) is 0 Å². The smallest absolute Gasteiger partial charge is 0.335 e. The van der Waals surface area contributed by atoms with E-state index in [9.17, 15) is 40.2 Å². The molecule has 50 heavy (non-hydrogen) atoms. The third-order valence-electron chi connectivity index (χ3n) is 14.1. The van der Waals surface area contributed by atoms with Crippen molar-refractivity contribution in [1.29, 1.82) is 0 Å². The predicted octanol–water partition coefficient (Wildman–Crippen LogP) is 2.28. The molecule has 0 unspecified atom stereocenters. The van der Waals surface area contributed by atoms with Crippen LogP contribution in [0.4, 0.5) is 0 Å². The molecule has 18 atom stereocenters. The topological polar surface area (TPSA) is 202 Å². The van der Waals surface area contributed by atoms with Crippen LogP contribution in [0.15, 0.2) is 11.6 Å². The molecule has 6 aliphatic rings. The predicted molar refractivity (Wildman–Crippen MR) is 176 cm³/mol. The highest BCUT2D eigenvalue weighted by Gasteiger charge is 2.60. The Bertz CT molecular complexity index is 1280. The molecule has 2 heterocycles. The van der Waals surface area contributed by atoms with Crippen molar-refractivity contribution in [2.45, 2.75) is 159 Å². The SMILES string of the molecule is COC(=O)CC[C@@H](C)[C@H]1CC[C@H]2[C@@H]3CC=C4C[C@@H](O[C@@H]5O[C@H](C(=O)O)[C@@H](O[C@@H]6O[C@@H](C)[C@H](O)[C@@H](O)[C@H]6O)[C@H](O)[C@H]5O)CC[C@]4(C)[C@H]3CC[C@]12C. The first kappa shape index (κ1) is 38.1. The molecule has 0 aromatic heterocycles. The Morgan fingerprint density at radius 1 is 0.900 bits per heavy atom. The first-order valence-electron chi connectivity index (χ1n) is 18.6. The lowest BCUT2D eigenvalue weighted by Gasteiger charge is -2.58. The zero-order chi connectivity index (χ0) is 36.3. The first-order chi connectivity index (χ1) is 23.6. The van der Waals surface area contributed by atoms with Gasteiger partial charge in [-0.2, -0.15) is 0 Å². The van der Waals surface area contributed by atoms with Gasteiger partial charge in [-0.15, -0.1) is 0 Å². The average Bonchev–Trinajstić information content (AvgIpc) is 3.45. The van der Waals surface area contributed by atoms with Gasteiger partial charge in [-0.25, -0.2) is 4.79 Å². The van der Waals surface area contributed by atoms with Crippen LogP contribution in [0.2, 0.25) is 0 Å². The fraction of sp³-hybridized carbons (Fsp3) is 0.892. The molecular weight excluding hydrogens is 652 g/mol. The fourth-order valence-electron chi connectivity index (χ4n) is 11.1. The van der Waals surface area contributed by atoms with E-state index in [1.165, 1.54) is 38.9 Å². The van der Waals surface area contributed by atoms with Crippen LogP contribution in [-0.2, 0) is 33.3 Å². The number of allylic oxidation sites excluding steroid dienone is 1. The minimum atomic E-state index is -1.77. The summed E-state index contributed by atoms with van der Waals surface area (Å²) in [5, 5.41) is 62.6. The number of fused-ring (bicyclic) bond motifs is 5. The maximum atomic E-state index is 12.3. The molecule has 4 aliphatic carbocycles. The Labute approximate surface area is 294 Å². The minimum Gasteiger partial charge on any atom is -0.479 e. The van der Waals surface area contributed by atoms with Gasteiger partial charge in [-0.1, -0.05) is 32.4 Å². The molecule has 3 saturated carbocycles. The largest absolute Gasteiger partial charge is 0.479 e. The molecule has 0 bridgehead atoms. The summed E-state index contributed by atoms with van der Waals surface area (Å²) in [5.74, 6) is 1.25. The molecule has 0 spiro atoms. The number of hydrogen-bond donors (Lipinski definition) is 6. The van der Waals surface area contributed by atoms with Gasteiger partial charge < -0.3 is 54.3 Å². The van der Waals surface area contributed by atoms with Gasteiger partial charge in [0.15, 0.2) is 18.7 Å². The number of esters is 1. The van der Waals surface area contributed by atoms with Crippen LogP contribution >= 0.6 is 0 Å². The third kappa shape index (κ3) is 6.68. The van der Waals surface area contributed by atoms with Crippen molar-refractivity contribution in [3.8, 4) is 0 Å². The highest BCUT2D eigenvalue weighted by molar-refractivity contribution is 5.73. The van der Waals surface area contributed by atoms with Gasteiger partial charge in [0.2, 0.25) is 0 Å². The summed E-state index contributed by atoms with van der Waals surface area (Å²) in [5.41, 5.74) is 1.61. The van der Waals surface area contributed by atoms with E-state index in [2.05, 4.69) is 26.8 Å². The molecule has 6 rings (SSSR count). The lowest BCUT2D eigenvalue weighted by atomic mass is 9.47. The summed E-state index contributed by atoms with van der Waals surface area (Å²) >= 11 is 0. The van der Waals surface area contributed by atoms with Crippen molar-refractivity contribution in [3.63, 3.8) is 0 Å². The Morgan fingerprint density at radius 3 is 2.30 bits per heavy atom. The first-order valence-corrected chi connectivity index (χ1v) is 18.6. The molecule has 2 saturated heterocycles. The molecular formula is C37H58O13. The van der Waals surface area contributed by atoms with Crippen LogP contribution in [-0.4, -0.2) is 117 Å². The van der Waals surface area contributed by atoms with Gasteiger partial charge in [0.25, 0.3) is 0 Å². The van der Waals surface area contributed by atoms with E-state index in [0.29, 0.717) is 48.9 Å². The zero-order valence-electron chi connectivity index (χ0n) is 29.9. The minimum absolute atomic E-state index is 0.0168. The summed E-state index contributed by atoms with van der Waals surface area (Å²) in [6.07, 6.45) is -4.27. The molecule has 0 radical (unpaired) electrons. The fourth-order valence-corrected chi connectivity index (χ4v) is 11.1. The highest BCUT2D eigenvalue weighted by atomic mass is 16.7. The van der Waals surface area contributed by atoms with Crippen LogP contribution in [0.3, 0.4) is 0 Å². The van der Waals surface area contributed by atoms with Crippen LogP contribution in [0, 0.1) is 40.4 Å². The van der Waals surface area contributed by atoms with E-state index < -0.39 is 67.4 Å². The van der Waals surface area contributed by atoms with E-state index in [0.717, 1.165) is 25.7 Å². The molecule has 13 heteroatoms. The van der Waals surface area contributed by atoms with E-state index >= 15 is 0 Å². The number of carboxylic acids is 1. The molecule has 0 aromatic carbocycles. The Hall–Kier alpha value is -1.68. The number of carbonyl (C=O) groups excluding carboxylic acids is 1. The van der Waals surface area contributed by atoms with Gasteiger partial charge in [-0.3, -0.25) is 4.79 Å². The summed E-state index contributed by atoms with van der Waals surface area (Å²) < 4.78 is 27.9. The molecule has 6 N–H and O–H groups in total. The maximum Gasteiger partial charge on any atom is 0.335 e. The lowest BCUT2D eigenvalue weighted by Crippen LogP contribution is -2.65. The van der Waals surface area contributed by atoms with E-state index in [1.807, 2.05) is 0 Å². The quantitative estimate of drug-likeness (QED) is 0.151. The van der Waals surface area contributed by atoms with Gasteiger partial charge in [0.05, 0.1) is 19.3 Å². The molecule has 5 fully saturated rings. The van der Waals surface area contributed by atoms with Crippen LogP contribution < -0.4 is 0 Å². The number of hydrogen-bond acceptors (Lipinski definition) is 12. The van der Waals surface area contributed by atoms with Crippen LogP contribution in [0.1, 0.15) is 91.9 Å². The van der Waals surface area contributed by atoms with Gasteiger partial charge in [0.1, 0.15) is 36.6 Å². The third-order valence-corrected chi connectivity index (χ3v) is 14.1. The molecule has 0 amide bonds. The second kappa shape index (κ2) is 14.6. The van der Waals surface area contributed by atoms with Crippen molar-refractivity contribution in [2.75, 3.05) is 7.11 Å². The molecule has 13 nitrogen and oxygen atoms in total. The number of rotatable bonds is 9. The molecule has 2 aliphatic heterocycles. The van der Waals surface area contributed by atoms with Gasteiger partial charge in [-0.05, 0) is 105 Å². The standard InChI is InChI=1S/C37H58O13/c1-17(6-11-25(38)46-5)22-9-10-23-21-8-7-19-16-20(12-14-36(19,3)24(21)13-15-37(22,23)4)48-35-30(43)28(41)31(32(50-35)33(44)45)49-34-29(42)27(40)26(39)18(2)47-34/h7,17-18,20-24,26-32,34-35,39-43H,6,8-16H2,1-5H3,(H,44,45)/t17-,18+,20+,21+,22-,23+,24+,26+,27-,28-,29-,30-,31+,32+,34+,35-,36+,37-/m1/s1. The number of aliphatic carboxylic acids is 1. The second-order valence-electron chi connectivity index (χ2n) is 16.6. The molecule has 0 aromatic rings. The van der Waals surface area contributed by atoms with E-state index in [1.54, 1.807) is 0 Å². The number of carboxylic acid groups (broad SMARTS) is 1.